The van der Waals surface area contributed by atoms with Crippen molar-refractivity contribution in [3.05, 3.63) is 29.3 Å². The molecule has 0 aromatic heterocycles. The predicted molar refractivity (Wildman–Crippen MR) is 85.4 cm³/mol. The van der Waals surface area contributed by atoms with Crippen LogP contribution in [-0.4, -0.2) is 32.8 Å². The molecule has 1 aromatic carbocycles. The van der Waals surface area contributed by atoms with E-state index in [1.165, 1.54) is 29.8 Å². The summed E-state index contributed by atoms with van der Waals surface area (Å²) >= 11 is 0. The van der Waals surface area contributed by atoms with Crippen LogP contribution in [0.2, 0.25) is 0 Å². The van der Waals surface area contributed by atoms with Crippen LogP contribution < -0.4 is 10.2 Å². The van der Waals surface area contributed by atoms with Crippen molar-refractivity contribution in [2.24, 2.45) is 5.92 Å². The third-order valence-corrected chi connectivity index (χ3v) is 4.17. The molecule has 2 atom stereocenters. The molecule has 3 nitrogen and oxygen atoms in total. The van der Waals surface area contributed by atoms with Gasteiger partial charge in [0.25, 0.3) is 0 Å². The number of benzene rings is 1. The van der Waals surface area contributed by atoms with Crippen LogP contribution in [0.25, 0.3) is 0 Å². The van der Waals surface area contributed by atoms with E-state index in [4.69, 9.17) is 4.74 Å². The zero-order valence-corrected chi connectivity index (χ0v) is 13.3. The smallest absolute Gasteiger partial charge is 0.0587 e. The van der Waals surface area contributed by atoms with Crippen molar-refractivity contribution in [1.82, 2.24) is 5.32 Å². The van der Waals surface area contributed by atoms with Gasteiger partial charge in [-0.2, -0.15) is 0 Å². The maximum absolute atomic E-state index is 5.04. The Morgan fingerprint density at radius 2 is 2.15 bits per heavy atom. The molecule has 1 heterocycles. The van der Waals surface area contributed by atoms with Crippen LogP contribution in [0.1, 0.15) is 31.4 Å². The van der Waals surface area contributed by atoms with Gasteiger partial charge in [0.15, 0.2) is 0 Å². The van der Waals surface area contributed by atoms with Crippen molar-refractivity contribution < 1.29 is 4.74 Å². The summed E-state index contributed by atoms with van der Waals surface area (Å²) in [4.78, 5) is 2.56. The number of hydrogen-bond donors (Lipinski definition) is 1. The Morgan fingerprint density at radius 1 is 1.35 bits per heavy atom. The molecule has 1 N–H and O–H groups in total. The number of nitrogens with one attached hydrogen (secondary N) is 1. The Labute approximate surface area is 123 Å². The number of rotatable bonds is 6. The number of methoxy groups -OCH3 is 1. The van der Waals surface area contributed by atoms with Crippen molar-refractivity contribution in [3.63, 3.8) is 0 Å². The van der Waals surface area contributed by atoms with E-state index in [0.29, 0.717) is 6.04 Å². The van der Waals surface area contributed by atoms with Crippen molar-refractivity contribution in [3.8, 4) is 0 Å². The molecule has 3 heteroatoms. The monoisotopic (exact) mass is 276 g/mol. The fourth-order valence-corrected chi connectivity index (χ4v) is 3.19. The maximum atomic E-state index is 5.04. The fourth-order valence-electron chi connectivity index (χ4n) is 3.19. The van der Waals surface area contributed by atoms with E-state index in [1.807, 2.05) is 0 Å². The molecule has 20 heavy (non-hydrogen) atoms. The molecule has 0 amide bonds. The van der Waals surface area contributed by atoms with E-state index in [2.05, 4.69) is 49.2 Å². The molecule has 1 fully saturated rings. The van der Waals surface area contributed by atoms with Crippen LogP contribution in [0.15, 0.2) is 18.2 Å². The van der Waals surface area contributed by atoms with E-state index in [9.17, 15) is 0 Å². The molecule has 0 radical (unpaired) electrons. The average Bonchev–Trinajstić information content (AvgIpc) is 2.74. The zero-order valence-electron chi connectivity index (χ0n) is 13.3. The standard InChI is InChI=1S/C17H28N2O/c1-13-9-15(3)19(12-13)17-6-5-16(10-14(17)2)11-18-7-8-20-4/h5-6,10,13,15,18H,7-9,11-12H2,1-4H3. The average molecular weight is 276 g/mol. The van der Waals surface area contributed by atoms with Gasteiger partial charge in [0.2, 0.25) is 0 Å². The number of nitrogens with zero attached hydrogens (tertiary/aromatic N) is 1. The summed E-state index contributed by atoms with van der Waals surface area (Å²) in [6.45, 7) is 10.7. The molecule has 1 aromatic rings. The van der Waals surface area contributed by atoms with Crippen LogP contribution in [-0.2, 0) is 11.3 Å². The molecule has 2 rings (SSSR count). The lowest BCUT2D eigenvalue weighted by Crippen LogP contribution is -2.27. The molecule has 1 saturated heterocycles. The summed E-state index contributed by atoms with van der Waals surface area (Å²) in [5.74, 6) is 0.805. The van der Waals surface area contributed by atoms with Gasteiger partial charge < -0.3 is 15.0 Å². The van der Waals surface area contributed by atoms with Crippen molar-refractivity contribution in [1.29, 1.82) is 0 Å². The lowest BCUT2D eigenvalue weighted by atomic mass is 10.1. The first kappa shape index (κ1) is 15.3. The van der Waals surface area contributed by atoms with Crippen LogP contribution in [0, 0.1) is 12.8 Å². The highest BCUT2D eigenvalue weighted by Gasteiger charge is 2.26. The largest absolute Gasteiger partial charge is 0.383 e. The van der Waals surface area contributed by atoms with Gasteiger partial charge in [0, 0.05) is 38.5 Å². The molecule has 2 unspecified atom stereocenters. The highest BCUT2D eigenvalue weighted by molar-refractivity contribution is 5.56. The van der Waals surface area contributed by atoms with Crippen LogP contribution in [0.4, 0.5) is 5.69 Å². The van der Waals surface area contributed by atoms with E-state index in [-0.39, 0.29) is 0 Å². The summed E-state index contributed by atoms with van der Waals surface area (Å²) in [5, 5.41) is 3.40. The Hall–Kier alpha value is -1.06. The topological polar surface area (TPSA) is 24.5 Å². The van der Waals surface area contributed by atoms with Crippen molar-refractivity contribution in [2.45, 2.75) is 39.8 Å². The predicted octanol–water partition coefficient (Wildman–Crippen LogP) is 2.97. The summed E-state index contributed by atoms with van der Waals surface area (Å²) in [6, 6.07) is 7.51. The molecule has 1 aliphatic rings. The molecule has 0 spiro atoms. The third kappa shape index (κ3) is 3.74. The SMILES string of the molecule is COCCNCc1ccc(N2CC(C)CC2C)c(C)c1. The molecule has 0 saturated carbocycles. The van der Waals surface area contributed by atoms with Crippen LogP contribution >= 0.6 is 0 Å². The van der Waals surface area contributed by atoms with Gasteiger partial charge in [-0.25, -0.2) is 0 Å². The Morgan fingerprint density at radius 3 is 2.75 bits per heavy atom. The Balaban J connectivity index is 1.99. The highest BCUT2D eigenvalue weighted by atomic mass is 16.5. The second kappa shape index (κ2) is 7.09. The van der Waals surface area contributed by atoms with E-state index in [0.717, 1.165) is 25.6 Å². The third-order valence-electron chi connectivity index (χ3n) is 4.17. The van der Waals surface area contributed by atoms with E-state index < -0.39 is 0 Å². The van der Waals surface area contributed by atoms with E-state index in [1.54, 1.807) is 7.11 Å². The number of hydrogen-bond acceptors (Lipinski definition) is 3. The minimum atomic E-state index is 0.661. The van der Waals surface area contributed by atoms with Gasteiger partial charge >= 0.3 is 0 Å². The van der Waals surface area contributed by atoms with Gasteiger partial charge in [-0.1, -0.05) is 19.1 Å². The fraction of sp³-hybridized carbons (Fsp3) is 0.647. The maximum Gasteiger partial charge on any atom is 0.0587 e. The minimum Gasteiger partial charge on any atom is -0.383 e. The Bertz CT molecular complexity index is 433. The summed E-state index contributed by atoms with van der Waals surface area (Å²) in [7, 11) is 1.73. The lowest BCUT2D eigenvalue weighted by Gasteiger charge is -2.26. The lowest BCUT2D eigenvalue weighted by molar-refractivity contribution is 0.199. The van der Waals surface area contributed by atoms with Crippen molar-refractivity contribution >= 4 is 5.69 Å². The summed E-state index contributed by atoms with van der Waals surface area (Å²) < 4.78 is 5.04. The van der Waals surface area contributed by atoms with E-state index >= 15 is 0 Å². The normalized spacial score (nSPS) is 22.5. The first-order chi connectivity index (χ1) is 9.61. The van der Waals surface area contributed by atoms with Gasteiger partial charge in [-0.15, -0.1) is 0 Å². The first-order valence-electron chi connectivity index (χ1n) is 7.67. The Kier molecular flexibility index (Phi) is 5.44. The first-order valence-corrected chi connectivity index (χ1v) is 7.67. The molecular formula is C17H28N2O. The second-order valence-electron chi connectivity index (χ2n) is 6.13. The van der Waals surface area contributed by atoms with Gasteiger partial charge in [-0.05, 0) is 43.4 Å². The van der Waals surface area contributed by atoms with Gasteiger partial charge in [0.05, 0.1) is 6.61 Å². The molecule has 0 aliphatic carbocycles. The molecule has 112 valence electrons. The zero-order chi connectivity index (χ0) is 14.5. The van der Waals surface area contributed by atoms with Gasteiger partial charge in [-0.3, -0.25) is 0 Å². The second-order valence-corrected chi connectivity index (χ2v) is 6.13. The highest BCUT2D eigenvalue weighted by Crippen LogP contribution is 2.31. The van der Waals surface area contributed by atoms with Crippen LogP contribution in [0.5, 0.6) is 0 Å². The van der Waals surface area contributed by atoms with Crippen molar-refractivity contribution in [2.75, 3.05) is 31.7 Å². The van der Waals surface area contributed by atoms with Crippen LogP contribution in [0.3, 0.4) is 0 Å². The molecule has 1 aliphatic heterocycles. The summed E-state index contributed by atoms with van der Waals surface area (Å²) in [5.41, 5.74) is 4.14. The number of anilines is 1. The molecule has 0 bridgehead atoms. The van der Waals surface area contributed by atoms with Gasteiger partial charge in [0.1, 0.15) is 0 Å². The summed E-state index contributed by atoms with van der Waals surface area (Å²) in [6.07, 6.45) is 1.31. The number of ether oxygens (including phenoxy) is 1. The molecular weight excluding hydrogens is 248 g/mol. The minimum absolute atomic E-state index is 0.661. The number of aryl methyl sites for hydroxylation is 1. The quantitative estimate of drug-likeness (QED) is 0.809.